The fourth-order valence-corrected chi connectivity index (χ4v) is 3.36. The van der Waals surface area contributed by atoms with Gasteiger partial charge in [0.25, 0.3) is 11.8 Å². The van der Waals surface area contributed by atoms with Gasteiger partial charge in [0, 0.05) is 18.0 Å². The van der Waals surface area contributed by atoms with Crippen LogP contribution in [0.15, 0.2) is 36.8 Å². The van der Waals surface area contributed by atoms with Crippen molar-refractivity contribution in [3.63, 3.8) is 0 Å². The van der Waals surface area contributed by atoms with Crippen LogP contribution < -0.4 is 14.4 Å². The van der Waals surface area contributed by atoms with Crippen molar-refractivity contribution in [2.45, 2.75) is 32.5 Å². The number of amides is 1. The van der Waals surface area contributed by atoms with Crippen molar-refractivity contribution in [2.24, 2.45) is 0 Å². The summed E-state index contributed by atoms with van der Waals surface area (Å²) in [7, 11) is 3.08. The molecule has 0 spiro atoms. The van der Waals surface area contributed by atoms with E-state index in [0.29, 0.717) is 53.8 Å². The molecule has 0 aromatic carbocycles. The molecule has 1 unspecified atom stereocenters. The van der Waals surface area contributed by atoms with Crippen LogP contribution in [0.4, 0.5) is 5.69 Å². The smallest absolute Gasteiger partial charge is 0.260 e. The van der Waals surface area contributed by atoms with Gasteiger partial charge >= 0.3 is 0 Å². The van der Waals surface area contributed by atoms with E-state index in [1.807, 2.05) is 6.92 Å². The second-order valence-electron chi connectivity index (χ2n) is 7.00. The molecule has 0 aliphatic carbocycles. The van der Waals surface area contributed by atoms with Crippen molar-refractivity contribution in [2.75, 3.05) is 19.1 Å². The predicted octanol–water partition coefficient (Wildman–Crippen LogP) is 2.29. The van der Waals surface area contributed by atoms with Crippen molar-refractivity contribution < 1.29 is 19.4 Å². The number of rotatable bonds is 7. The first kappa shape index (κ1) is 19.8. The maximum absolute atomic E-state index is 12.9. The molecule has 0 saturated heterocycles. The number of hydrogen-bond donors (Lipinski definition) is 1. The Morgan fingerprint density at radius 3 is 2.80 bits per heavy atom. The standard InChI is InChI=1S/C21H23N5O4/c1-4-15(27)11-25-10-14(9-23-25)26-12-18-16(21(26)28)5-6-17(24-18)13-7-19(29-2)20(30-3)22-8-13/h5-10,15,27H,4,11-12H2,1-3H3. The number of carbonyl (C=O) groups excluding carboxylic acids is 1. The number of aliphatic hydroxyl groups is 1. The Hall–Kier alpha value is -3.46. The highest BCUT2D eigenvalue weighted by Crippen LogP contribution is 2.32. The van der Waals surface area contributed by atoms with E-state index in [-0.39, 0.29) is 5.91 Å². The second-order valence-corrected chi connectivity index (χ2v) is 7.00. The fourth-order valence-electron chi connectivity index (χ4n) is 3.36. The molecule has 0 radical (unpaired) electrons. The van der Waals surface area contributed by atoms with Crippen molar-refractivity contribution >= 4 is 11.6 Å². The normalized spacial score (nSPS) is 14.0. The molecular weight excluding hydrogens is 386 g/mol. The van der Waals surface area contributed by atoms with E-state index in [0.717, 1.165) is 5.56 Å². The van der Waals surface area contributed by atoms with E-state index in [4.69, 9.17) is 9.47 Å². The first-order valence-electron chi connectivity index (χ1n) is 9.64. The minimum atomic E-state index is -0.469. The summed E-state index contributed by atoms with van der Waals surface area (Å²) >= 11 is 0. The maximum Gasteiger partial charge on any atom is 0.260 e. The molecule has 0 saturated carbocycles. The monoisotopic (exact) mass is 409 g/mol. The van der Waals surface area contributed by atoms with Gasteiger partial charge in [-0.25, -0.2) is 4.98 Å². The summed E-state index contributed by atoms with van der Waals surface area (Å²) < 4.78 is 12.1. The zero-order chi connectivity index (χ0) is 21.3. The summed E-state index contributed by atoms with van der Waals surface area (Å²) in [5.41, 5.74) is 3.39. The van der Waals surface area contributed by atoms with Gasteiger partial charge in [0.15, 0.2) is 5.75 Å². The Balaban J connectivity index is 1.59. The maximum atomic E-state index is 12.9. The molecule has 1 amide bonds. The van der Waals surface area contributed by atoms with Gasteiger partial charge in [-0.15, -0.1) is 0 Å². The summed E-state index contributed by atoms with van der Waals surface area (Å²) in [4.78, 5) is 23.4. The number of carbonyl (C=O) groups is 1. The Bertz CT molecular complexity index is 1080. The van der Waals surface area contributed by atoms with Gasteiger partial charge in [-0.3, -0.25) is 19.4 Å². The van der Waals surface area contributed by atoms with Crippen LogP contribution in [0.25, 0.3) is 11.3 Å². The highest BCUT2D eigenvalue weighted by Gasteiger charge is 2.31. The average molecular weight is 409 g/mol. The Morgan fingerprint density at radius 2 is 2.07 bits per heavy atom. The third-order valence-electron chi connectivity index (χ3n) is 5.09. The summed E-state index contributed by atoms with van der Waals surface area (Å²) in [5.74, 6) is 0.788. The van der Waals surface area contributed by atoms with E-state index >= 15 is 0 Å². The molecule has 1 atom stereocenters. The van der Waals surface area contributed by atoms with Crippen LogP contribution in [-0.2, 0) is 13.1 Å². The van der Waals surface area contributed by atoms with Crippen molar-refractivity contribution in [3.05, 3.63) is 48.0 Å². The lowest BCUT2D eigenvalue weighted by atomic mass is 10.1. The zero-order valence-corrected chi connectivity index (χ0v) is 17.1. The van der Waals surface area contributed by atoms with Crippen LogP contribution >= 0.6 is 0 Å². The molecule has 1 aliphatic rings. The lowest BCUT2D eigenvalue weighted by Crippen LogP contribution is -2.22. The van der Waals surface area contributed by atoms with E-state index in [1.54, 1.807) is 53.5 Å². The van der Waals surface area contributed by atoms with Crippen LogP contribution in [0, 0.1) is 0 Å². The number of ether oxygens (including phenoxy) is 2. The molecule has 4 rings (SSSR count). The third kappa shape index (κ3) is 3.59. The van der Waals surface area contributed by atoms with E-state index in [9.17, 15) is 9.90 Å². The quantitative estimate of drug-likeness (QED) is 0.639. The number of pyridine rings is 2. The van der Waals surface area contributed by atoms with E-state index in [1.165, 1.54) is 7.11 Å². The van der Waals surface area contributed by atoms with Gasteiger partial charge in [-0.2, -0.15) is 5.10 Å². The molecule has 3 aromatic rings. The second kappa shape index (κ2) is 8.11. The van der Waals surface area contributed by atoms with E-state index < -0.39 is 6.10 Å². The number of methoxy groups -OCH3 is 2. The van der Waals surface area contributed by atoms with Gasteiger partial charge in [0.05, 0.1) is 62.2 Å². The van der Waals surface area contributed by atoms with Gasteiger partial charge in [-0.05, 0) is 24.6 Å². The zero-order valence-electron chi connectivity index (χ0n) is 17.1. The van der Waals surface area contributed by atoms with Gasteiger partial charge in [0.1, 0.15) is 0 Å². The first-order chi connectivity index (χ1) is 14.5. The number of aromatic nitrogens is 4. The molecule has 3 aromatic heterocycles. The summed E-state index contributed by atoms with van der Waals surface area (Å²) in [6.07, 6.45) is 5.23. The number of aliphatic hydroxyl groups excluding tert-OH is 1. The molecule has 4 heterocycles. The van der Waals surface area contributed by atoms with E-state index in [2.05, 4.69) is 15.1 Å². The Kier molecular flexibility index (Phi) is 5.37. The first-order valence-corrected chi connectivity index (χ1v) is 9.64. The highest BCUT2D eigenvalue weighted by molar-refractivity contribution is 6.09. The van der Waals surface area contributed by atoms with Crippen molar-refractivity contribution in [1.29, 1.82) is 0 Å². The minimum Gasteiger partial charge on any atom is -0.491 e. The largest absolute Gasteiger partial charge is 0.491 e. The Labute approximate surface area is 173 Å². The summed E-state index contributed by atoms with van der Waals surface area (Å²) in [5, 5.41) is 14.1. The minimum absolute atomic E-state index is 0.120. The molecular formula is C21H23N5O4. The van der Waals surface area contributed by atoms with Crippen LogP contribution in [0.5, 0.6) is 11.6 Å². The molecule has 9 nitrogen and oxygen atoms in total. The number of fused-ring (bicyclic) bond motifs is 1. The number of anilines is 1. The summed E-state index contributed by atoms with van der Waals surface area (Å²) in [6.45, 7) is 2.65. The molecule has 156 valence electrons. The van der Waals surface area contributed by atoms with Crippen molar-refractivity contribution in [1.82, 2.24) is 19.7 Å². The predicted molar refractivity (Wildman–Crippen MR) is 110 cm³/mol. The molecule has 1 N–H and O–H groups in total. The van der Waals surface area contributed by atoms with Gasteiger partial charge in [-0.1, -0.05) is 6.92 Å². The Morgan fingerprint density at radius 1 is 1.23 bits per heavy atom. The number of nitrogens with zero attached hydrogens (tertiary/aromatic N) is 5. The molecule has 9 heteroatoms. The van der Waals surface area contributed by atoms with Crippen molar-refractivity contribution in [3.8, 4) is 22.9 Å². The number of hydrogen-bond acceptors (Lipinski definition) is 7. The van der Waals surface area contributed by atoms with Crippen LogP contribution in [0.1, 0.15) is 29.4 Å². The topological polar surface area (TPSA) is 103 Å². The molecule has 30 heavy (non-hydrogen) atoms. The highest BCUT2D eigenvalue weighted by atomic mass is 16.5. The fraction of sp³-hybridized carbons (Fsp3) is 0.333. The average Bonchev–Trinajstić information content (AvgIpc) is 3.36. The lowest BCUT2D eigenvalue weighted by molar-refractivity contribution is 0.0996. The van der Waals surface area contributed by atoms with Gasteiger partial charge < -0.3 is 14.6 Å². The van der Waals surface area contributed by atoms with Crippen LogP contribution in [-0.4, -0.2) is 51.1 Å². The molecule has 0 bridgehead atoms. The van der Waals surface area contributed by atoms with Crippen LogP contribution in [0.3, 0.4) is 0 Å². The SMILES string of the molecule is CCC(O)Cn1cc(N2Cc3nc(-c4cnc(OC)c(OC)c4)ccc3C2=O)cn1. The van der Waals surface area contributed by atoms with Gasteiger partial charge in [0.2, 0.25) is 0 Å². The lowest BCUT2D eigenvalue weighted by Gasteiger charge is -2.12. The molecule has 1 aliphatic heterocycles. The van der Waals surface area contributed by atoms with Crippen LogP contribution in [0.2, 0.25) is 0 Å². The molecule has 0 fully saturated rings. The third-order valence-corrected chi connectivity index (χ3v) is 5.09. The summed E-state index contributed by atoms with van der Waals surface area (Å²) in [6, 6.07) is 5.38.